The number of carboxylic acids is 1. The van der Waals surface area contributed by atoms with E-state index < -0.39 is 17.5 Å². The van der Waals surface area contributed by atoms with Gasteiger partial charge in [-0.2, -0.15) is 0 Å². The molecule has 21 heavy (non-hydrogen) atoms. The number of rotatable bonds is 3. The second-order valence-electron chi connectivity index (χ2n) is 4.92. The zero-order chi connectivity index (χ0) is 15.6. The molecule has 0 bridgehead atoms. The van der Waals surface area contributed by atoms with Crippen molar-refractivity contribution in [2.45, 2.75) is 31.2 Å². The minimum absolute atomic E-state index is 0.248. The zero-order valence-corrected chi connectivity index (χ0v) is 14.0. The Labute approximate surface area is 140 Å². The standard InChI is InChI=1S/C13H13BrCl2N2O3/c14-7-5-8(15)10(9(16)6-7)17-12(21)18-13(11(19)20)3-1-2-4-13/h5-6H,1-4H2,(H,19,20)(H2,17,18,21). The molecular weight excluding hydrogens is 383 g/mol. The number of anilines is 1. The summed E-state index contributed by atoms with van der Waals surface area (Å²) in [6.07, 6.45) is 2.37. The molecule has 2 rings (SSSR count). The first-order valence-electron chi connectivity index (χ1n) is 6.31. The number of amides is 2. The number of hydrogen-bond acceptors (Lipinski definition) is 2. The molecule has 1 aromatic carbocycles. The van der Waals surface area contributed by atoms with E-state index in [9.17, 15) is 14.7 Å². The Morgan fingerprint density at radius 1 is 1.19 bits per heavy atom. The van der Waals surface area contributed by atoms with Gasteiger partial charge in [0, 0.05) is 4.47 Å². The fraction of sp³-hybridized carbons (Fsp3) is 0.385. The highest BCUT2D eigenvalue weighted by atomic mass is 79.9. The first-order chi connectivity index (χ1) is 9.84. The van der Waals surface area contributed by atoms with E-state index in [0.29, 0.717) is 17.3 Å². The van der Waals surface area contributed by atoms with E-state index in [-0.39, 0.29) is 15.7 Å². The summed E-state index contributed by atoms with van der Waals surface area (Å²) in [5, 5.41) is 14.9. The average Bonchev–Trinajstić information content (AvgIpc) is 2.83. The van der Waals surface area contributed by atoms with Gasteiger partial charge in [0.15, 0.2) is 0 Å². The maximum atomic E-state index is 12.1. The third kappa shape index (κ3) is 3.62. The Kier molecular flexibility index (Phi) is 5.01. The topological polar surface area (TPSA) is 78.4 Å². The Balaban J connectivity index is 2.14. The van der Waals surface area contributed by atoms with Gasteiger partial charge in [-0.1, -0.05) is 52.0 Å². The van der Waals surface area contributed by atoms with Crippen molar-refractivity contribution in [3.05, 3.63) is 26.7 Å². The van der Waals surface area contributed by atoms with Crippen molar-refractivity contribution in [3.8, 4) is 0 Å². The predicted octanol–water partition coefficient (Wildman–Crippen LogP) is 4.27. The Bertz CT molecular complexity index is 566. The number of aliphatic carboxylic acids is 1. The van der Waals surface area contributed by atoms with Gasteiger partial charge in [0.05, 0.1) is 15.7 Å². The van der Waals surface area contributed by atoms with Crippen molar-refractivity contribution in [2.75, 3.05) is 5.32 Å². The maximum absolute atomic E-state index is 12.1. The summed E-state index contributed by atoms with van der Waals surface area (Å²) in [5.74, 6) is -1.02. The van der Waals surface area contributed by atoms with Crippen molar-refractivity contribution in [1.82, 2.24) is 5.32 Å². The van der Waals surface area contributed by atoms with Gasteiger partial charge in [-0.15, -0.1) is 0 Å². The predicted molar refractivity (Wildman–Crippen MR) is 85.2 cm³/mol. The van der Waals surface area contributed by atoms with Crippen molar-refractivity contribution in [3.63, 3.8) is 0 Å². The normalized spacial score (nSPS) is 16.5. The van der Waals surface area contributed by atoms with Gasteiger partial charge in [0.25, 0.3) is 0 Å². The highest BCUT2D eigenvalue weighted by Gasteiger charge is 2.42. The summed E-state index contributed by atoms with van der Waals surface area (Å²) in [6, 6.07) is 2.54. The van der Waals surface area contributed by atoms with Crippen LogP contribution in [0.5, 0.6) is 0 Å². The summed E-state index contributed by atoms with van der Waals surface area (Å²) in [6.45, 7) is 0. The SMILES string of the molecule is O=C(Nc1c(Cl)cc(Br)cc1Cl)NC1(C(=O)O)CCCC1. The molecule has 5 nitrogen and oxygen atoms in total. The van der Waals surface area contributed by atoms with Crippen LogP contribution in [0.1, 0.15) is 25.7 Å². The largest absolute Gasteiger partial charge is 0.480 e. The molecule has 1 fully saturated rings. The lowest BCUT2D eigenvalue weighted by Gasteiger charge is -2.25. The number of carbonyl (C=O) groups excluding carboxylic acids is 1. The van der Waals surface area contributed by atoms with Gasteiger partial charge in [0.1, 0.15) is 5.54 Å². The lowest BCUT2D eigenvalue weighted by Crippen LogP contribution is -2.53. The minimum Gasteiger partial charge on any atom is -0.480 e. The highest BCUT2D eigenvalue weighted by Crippen LogP contribution is 2.34. The number of halogens is 3. The second-order valence-corrected chi connectivity index (χ2v) is 6.65. The molecule has 1 aliphatic carbocycles. The molecule has 1 saturated carbocycles. The molecule has 2 amide bonds. The van der Waals surface area contributed by atoms with Crippen LogP contribution in [0, 0.1) is 0 Å². The lowest BCUT2D eigenvalue weighted by atomic mass is 9.98. The van der Waals surface area contributed by atoms with Crippen LogP contribution in [0.25, 0.3) is 0 Å². The molecule has 0 heterocycles. The van der Waals surface area contributed by atoms with E-state index >= 15 is 0 Å². The molecule has 114 valence electrons. The van der Waals surface area contributed by atoms with Gasteiger partial charge >= 0.3 is 12.0 Å². The van der Waals surface area contributed by atoms with Crippen molar-refractivity contribution < 1.29 is 14.7 Å². The van der Waals surface area contributed by atoms with Crippen molar-refractivity contribution in [2.24, 2.45) is 0 Å². The van der Waals surface area contributed by atoms with Crippen LogP contribution in [0.4, 0.5) is 10.5 Å². The van der Waals surface area contributed by atoms with Crippen LogP contribution >= 0.6 is 39.1 Å². The molecule has 0 atom stereocenters. The molecule has 0 unspecified atom stereocenters. The molecule has 0 aromatic heterocycles. The number of hydrogen-bond donors (Lipinski definition) is 3. The van der Waals surface area contributed by atoms with Crippen molar-refractivity contribution >= 4 is 56.8 Å². The van der Waals surface area contributed by atoms with Crippen LogP contribution in [0.15, 0.2) is 16.6 Å². The van der Waals surface area contributed by atoms with Crippen molar-refractivity contribution in [1.29, 1.82) is 0 Å². The van der Waals surface area contributed by atoms with E-state index in [1.807, 2.05) is 0 Å². The average molecular weight is 396 g/mol. The molecule has 1 aliphatic rings. The summed E-state index contributed by atoms with van der Waals surface area (Å²) >= 11 is 15.3. The van der Waals surface area contributed by atoms with E-state index in [2.05, 4.69) is 26.6 Å². The van der Waals surface area contributed by atoms with E-state index in [4.69, 9.17) is 23.2 Å². The molecule has 1 aromatic rings. The van der Waals surface area contributed by atoms with Crippen LogP contribution in [-0.4, -0.2) is 22.6 Å². The fourth-order valence-electron chi connectivity index (χ4n) is 2.39. The molecule has 8 heteroatoms. The van der Waals surface area contributed by atoms with Gasteiger partial charge < -0.3 is 15.7 Å². The molecule has 3 N–H and O–H groups in total. The lowest BCUT2D eigenvalue weighted by molar-refractivity contribution is -0.144. The maximum Gasteiger partial charge on any atom is 0.329 e. The number of benzene rings is 1. The third-order valence-electron chi connectivity index (χ3n) is 3.46. The summed E-state index contributed by atoms with van der Waals surface area (Å²) in [7, 11) is 0. The molecule has 0 spiro atoms. The third-order valence-corrected chi connectivity index (χ3v) is 4.52. The van der Waals surface area contributed by atoms with Crippen LogP contribution < -0.4 is 10.6 Å². The van der Waals surface area contributed by atoms with Gasteiger partial charge in [-0.3, -0.25) is 0 Å². The van der Waals surface area contributed by atoms with Gasteiger partial charge in [-0.05, 0) is 25.0 Å². The van der Waals surface area contributed by atoms with Gasteiger partial charge in [-0.25, -0.2) is 9.59 Å². The van der Waals surface area contributed by atoms with Crippen LogP contribution in [0.2, 0.25) is 10.0 Å². The molecule has 0 aliphatic heterocycles. The number of urea groups is 1. The van der Waals surface area contributed by atoms with Crippen LogP contribution in [0.3, 0.4) is 0 Å². The minimum atomic E-state index is -1.21. The number of nitrogens with one attached hydrogen (secondary N) is 2. The fourth-order valence-corrected chi connectivity index (χ4v) is 3.70. The second kappa shape index (κ2) is 6.42. The summed E-state index contributed by atoms with van der Waals surface area (Å²) in [5.41, 5.74) is -0.962. The molecule has 0 saturated heterocycles. The first-order valence-corrected chi connectivity index (χ1v) is 7.86. The molecular formula is C13H13BrCl2N2O3. The van der Waals surface area contributed by atoms with E-state index in [1.54, 1.807) is 12.1 Å². The Morgan fingerprint density at radius 3 is 2.19 bits per heavy atom. The highest BCUT2D eigenvalue weighted by molar-refractivity contribution is 9.10. The first kappa shape index (κ1) is 16.4. The van der Waals surface area contributed by atoms with E-state index in [0.717, 1.165) is 12.8 Å². The number of carboxylic acid groups (broad SMARTS) is 1. The Morgan fingerprint density at radius 2 is 1.71 bits per heavy atom. The summed E-state index contributed by atoms with van der Waals surface area (Å²) < 4.78 is 0.682. The smallest absolute Gasteiger partial charge is 0.329 e. The van der Waals surface area contributed by atoms with E-state index in [1.165, 1.54) is 0 Å². The van der Waals surface area contributed by atoms with Gasteiger partial charge in [0.2, 0.25) is 0 Å². The molecule has 0 radical (unpaired) electrons. The zero-order valence-electron chi connectivity index (χ0n) is 10.9. The van der Waals surface area contributed by atoms with Crippen LogP contribution in [-0.2, 0) is 4.79 Å². The summed E-state index contributed by atoms with van der Waals surface area (Å²) in [4.78, 5) is 23.4. The number of carbonyl (C=O) groups is 2. The quantitative estimate of drug-likeness (QED) is 0.714. The monoisotopic (exact) mass is 394 g/mol. The Hall–Kier alpha value is -0.980.